The summed E-state index contributed by atoms with van der Waals surface area (Å²) in [6, 6.07) is 6.88. The largest absolute Gasteiger partial charge is 0.372 e. The Balaban J connectivity index is 1.88. The van der Waals surface area contributed by atoms with E-state index in [0.717, 1.165) is 23.0 Å². The number of rotatable bonds is 6. The minimum absolute atomic E-state index is 0.0321. The van der Waals surface area contributed by atoms with Crippen molar-refractivity contribution in [2.45, 2.75) is 13.8 Å². The van der Waals surface area contributed by atoms with Crippen LogP contribution in [0.25, 0.3) is 4.91 Å². The molecule has 3 rings (SSSR count). The lowest BCUT2D eigenvalue weighted by Crippen LogP contribution is -2.16. The van der Waals surface area contributed by atoms with Gasteiger partial charge >= 0.3 is 0 Å². The van der Waals surface area contributed by atoms with Crippen molar-refractivity contribution in [2.24, 2.45) is 0 Å². The van der Waals surface area contributed by atoms with Gasteiger partial charge in [0.05, 0.1) is 21.4 Å². The zero-order chi connectivity index (χ0) is 19.6. The number of nitro groups is 1. The number of benzene rings is 1. The van der Waals surface area contributed by atoms with Crippen LogP contribution in [0.5, 0.6) is 0 Å². The summed E-state index contributed by atoms with van der Waals surface area (Å²) in [6.45, 7) is 5.18. The molecule has 1 aliphatic heterocycles. The molecule has 9 heteroatoms. The van der Waals surface area contributed by atoms with Crippen molar-refractivity contribution >= 4 is 39.7 Å². The topological polar surface area (TPSA) is 87.4 Å². The second-order valence-corrected chi connectivity index (χ2v) is 7.24. The fourth-order valence-electron chi connectivity index (χ4n) is 2.88. The Morgan fingerprint density at radius 3 is 2.78 bits per heavy atom. The third-order valence-electron chi connectivity index (χ3n) is 4.35. The number of hydrogen-bond acceptors (Lipinski definition) is 8. The van der Waals surface area contributed by atoms with E-state index in [2.05, 4.69) is 34.0 Å². The van der Waals surface area contributed by atoms with Gasteiger partial charge in [0.1, 0.15) is 5.69 Å². The molecular formula is C18H22N6O2S. The lowest BCUT2D eigenvalue weighted by Gasteiger charge is -2.15. The number of thioether (sulfide) groups is 1. The van der Waals surface area contributed by atoms with Crippen LogP contribution in [0.4, 0.5) is 23.0 Å². The Labute approximate surface area is 162 Å². The normalized spacial score (nSPS) is 13.9. The molecule has 2 aromatic rings. The standard InChI is InChI=1S/C18H22N6O2S/c1-5-23-11-27-17(12(23)2)14-8-9-19-18(21-14)20-13-6-7-15(22(3)4)16(10-13)24(25)26/h6-10H,5,11H2,1-4H3,(H,19,20,21). The van der Waals surface area contributed by atoms with Gasteiger partial charge in [0.25, 0.3) is 5.69 Å². The van der Waals surface area contributed by atoms with Crippen LogP contribution in [0, 0.1) is 10.1 Å². The summed E-state index contributed by atoms with van der Waals surface area (Å²) in [5, 5.41) is 14.4. The van der Waals surface area contributed by atoms with Gasteiger partial charge in [-0.1, -0.05) is 0 Å². The zero-order valence-electron chi connectivity index (χ0n) is 15.8. The summed E-state index contributed by atoms with van der Waals surface area (Å²) in [7, 11) is 3.55. The van der Waals surface area contributed by atoms with Crippen LogP contribution < -0.4 is 10.2 Å². The van der Waals surface area contributed by atoms with Gasteiger partial charge in [0.15, 0.2) is 0 Å². The van der Waals surface area contributed by atoms with Crippen LogP contribution in [0.2, 0.25) is 0 Å². The van der Waals surface area contributed by atoms with Gasteiger partial charge in [-0.25, -0.2) is 9.97 Å². The van der Waals surface area contributed by atoms with Crippen molar-refractivity contribution in [3.8, 4) is 0 Å². The number of hydrogen-bond donors (Lipinski definition) is 1. The van der Waals surface area contributed by atoms with Gasteiger partial charge in [0.2, 0.25) is 5.95 Å². The van der Waals surface area contributed by atoms with E-state index >= 15 is 0 Å². The van der Waals surface area contributed by atoms with Crippen LogP contribution in [-0.2, 0) is 0 Å². The van der Waals surface area contributed by atoms with Crippen LogP contribution in [0.1, 0.15) is 19.5 Å². The third-order valence-corrected chi connectivity index (χ3v) is 5.58. The molecule has 0 saturated heterocycles. The predicted octanol–water partition coefficient (Wildman–Crippen LogP) is 3.91. The van der Waals surface area contributed by atoms with E-state index in [-0.39, 0.29) is 10.6 Å². The average molecular weight is 386 g/mol. The summed E-state index contributed by atoms with van der Waals surface area (Å²) in [6.07, 6.45) is 1.70. The van der Waals surface area contributed by atoms with E-state index < -0.39 is 0 Å². The predicted molar refractivity (Wildman–Crippen MR) is 110 cm³/mol. The minimum atomic E-state index is -0.388. The molecule has 8 nitrogen and oxygen atoms in total. The van der Waals surface area contributed by atoms with Crippen molar-refractivity contribution in [2.75, 3.05) is 36.7 Å². The molecule has 0 spiro atoms. The van der Waals surface area contributed by atoms with Crippen LogP contribution >= 0.6 is 11.8 Å². The Hall–Kier alpha value is -2.81. The average Bonchev–Trinajstić information content (AvgIpc) is 3.02. The van der Waals surface area contributed by atoms with E-state index in [9.17, 15) is 10.1 Å². The molecule has 2 heterocycles. The van der Waals surface area contributed by atoms with Crippen molar-refractivity contribution in [3.05, 3.63) is 52.0 Å². The fourth-order valence-corrected chi connectivity index (χ4v) is 4.14. The van der Waals surface area contributed by atoms with Gasteiger partial charge in [-0.15, -0.1) is 11.8 Å². The van der Waals surface area contributed by atoms with E-state index in [1.54, 1.807) is 49.1 Å². The van der Waals surface area contributed by atoms with Crippen LogP contribution in [-0.4, -0.2) is 46.3 Å². The lowest BCUT2D eigenvalue weighted by molar-refractivity contribution is -0.384. The first-order valence-electron chi connectivity index (χ1n) is 8.55. The van der Waals surface area contributed by atoms with Crippen molar-refractivity contribution < 1.29 is 4.92 Å². The number of anilines is 3. The maximum Gasteiger partial charge on any atom is 0.294 e. The first-order chi connectivity index (χ1) is 12.9. The third kappa shape index (κ3) is 3.97. The monoisotopic (exact) mass is 386 g/mol. The Kier molecular flexibility index (Phi) is 5.50. The molecule has 1 aromatic heterocycles. The van der Waals surface area contributed by atoms with Crippen molar-refractivity contribution in [1.29, 1.82) is 0 Å². The van der Waals surface area contributed by atoms with Crippen molar-refractivity contribution in [1.82, 2.24) is 14.9 Å². The number of nitrogens with zero attached hydrogens (tertiary/aromatic N) is 5. The van der Waals surface area contributed by atoms with Crippen molar-refractivity contribution in [3.63, 3.8) is 0 Å². The number of nitro benzene ring substituents is 1. The first-order valence-corrected chi connectivity index (χ1v) is 9.54. The number of nitrogens with one attached hydrogen (secondary N) is 1. The second-order valence-electron chi connectivity index (χ2n) is 6.29. The Morgan fingerprint density at radius 1 is 1.37 bits per heavy atom. The zero-order valence-corrected chi connectivity index (χ0v) is 16.6. The van der Waals surface area contributed by atoms with Gasteiger partial charge in [-0.2, -0.15) is 0 Å². The maximum atomic E-state index is 11.4. The molecule has 1 aromatic carbocycles. The van der Waals surface area contributed by atoms with E-state index in [0.29, 0.717) is 17.3 Å². The van der Waals surface area contributed by atoms with Crippen LogP contribution in [0.15, 0.2) is 36.2 Å². The Morgan fingerprint density at radius 2 is 2.15 bits per heavy atom. The lowest BCUT2D eigenvalue weighted by atomic mass is 10.2. The van der Waals surface area contributed by atoms with E-state index in [1.807, 2.05) is 6.07 Å². The minimum Gasteiger partial charge on any atom is -0.372 e. The summed E-state index contributed by atoms with van der Waals surface area (Å²) in [4.78, 5) is 25.0. The van der Waals surface area contributed by atoms with Gasteiger partial charge in [-0.3, -0.25) is 10.1 Å². The second kappa shape index (κ2) is 7.83. The molecule has 0 radical (unpaired) electrons. The molecular weight excluding hydrogens is 364 g/mol. The molecule has 0 fully saturated rings. The van der Waals surface area contributed by atoms with Gasteiger partial charge < -0.3 is 15.1 Å². The summed E-state index contributed by atoms with van der Waals surface area (Å²) >= 11 is 1.76. The molecule has 0 bridgehead atoms. The molecule has 0 atom stereocenters. The molecule has 0 saturated carbocycles. The van der Waals surface area contributed by atoms with Crippen LogP contribution in [0.3, 0.4) is 0 Å². The van der Waals surface area contributed by atoms with Gasteiger partial charge in [-0.05, 0) is 32.0 Å². The molecule has 27 heavy (non-hydrogen) atoms. The summed E-state index contributed by atoms with van der Waals surface area (Å²) in [5.41, 5.74) is 3.21. The first kappa shape index (κ1) is 19.0. The van der Waals surface area contributed by atoms with E-state index in [4.69, 9.17) is 0 Å². The smallest absolute Gasteiger partial charge is 0.294 e. The van der Waals surface area contributed by atoms with Gasteiger partial charge in [0, 0.05) is 44.3 Å². The Bertz CT molecular complexity index is 899. The summed E-state index contributed by atoms with van der Waals surface area (Å²) < 4.78 is 0. The SMILES string of the molecule is CCN1CSC(c2ccnc(Nc3ccc(N(C)C)c([N+](=O)[O-])c3)n2)=C1C. The fraction of sp³-hybridized carbons (Fsp3) is 0.333. The van der Waals surface area contributed by atoms with E-state index in [1.165, 1.54) is 11.8 Å². The highest BCUT2D eigenvalue weighted by Crippen LogP contribution is 2.38. The highest BCUT2D eigenvalue weighted by atomic mass is 32.2. The quantitative estimate of drug-likeness (QED) is 0.591. The number of aromatic nitrogens is 2. The molecule has 142 valence electrons. The maximum absolute atomic E-state index is 11.4. The molecule has 0 aliphatic carbocycles. The molecule has 1 aliphatic rings. The highest BCUT2D eigenvalue weighted by Gasteiger charge is 2.21. The molecule has 0 amide bonds. The molecule has 1 N–H and O–H groups in total. The highest BCUT2D eigenvalue weighted by molar-refractivity contribution is 8.08. The summed E-state index contributed by atoms with van der Waals surface area (Å²) in [5.74, 6) is 1.33. The molecule has 0 unspecified atom stereocenters. The number of allylic oxidation sites excluding steroid dienone is 1.